The van der Waals surface area contributed by atoms with Crippen molar-refractivity contribution in [2.45, 2.75) is 33.2 Å². The summed E-state index contributed by atoms with van der Waals surface area (Å²) in [6.07, 6.45) is 3.32. The number of aromatic nitrogens is 2. The first-order valence-corrected chi connectivity index (χ1v) is 12.0. The number of rotatable bonds is 7. The molecule has 166 valence electrons. The SMILES string of the molecule is CCN(C(=O)COC(=O)/C=C/c1c(C)nn(-c2ccccc2)c1C)C1CCS(=O)(=O)C1. The lowest BCUT2D eigenvalue weighted by Crippen LogP contribution is -2.43. The predicted octanol–water partition coefficient (Wildman–Crippen LogP) is 2.08. The topological polar surface area (TPSA) is 98.6 Å². The fraction of sp³-hybridized carbons (Fsp3) is 0.409. The lowest BCUT2D eigenvalue weighted by Gasteiger charge is -2.26. The fourth-order valence-electron chi connectivity index (χ4n) is 3.79. The Morgan fingerprint density at radius 2 is 1.97 bits per heavy atom. The van der Waals surface area contributed by atoms with Crippen LogP contribution in [0.4, 0.5) is 0 Å². The molecule has 0 radical (unpaired) electrons. The maximum atomic E-state index is 12.4. The molecule has 9 heteroatoms. The smallest absolute Gasteiger partial charge is 0.331 e. The van der Waals surface area contributed by atoms with E-state index < -0.39 is 28.3 Å². The molecule has 0 spiro atoms. The first-order valence-electron chi connectivity index (χ1n) is 10.2. The fourth-order valence-corrected chi connectivity index (χ4v) is 5.52. The van der Waals surface area contributed by atoms with Crippen molar-refractivity contribution in [3.63, 3.8) is 0 Å². The van der Waals surface area contributed by atoms with Crippen LogP contribution in [-0.2, 0) is 24.2 Å². The number of benzene rings is 1. The Labute approximate surface area is 182 Å². The van der Waals surface area contributed by atoms with E-state index in [4.69, 9.17) is 4.74 Å². The second kappa shape index (κ2) is 9.47. The van der Waals surface area contributed by atoms with Crippen molar-refractivity contribution < 1.29 is 22.7 Å². The van der Waals surface area contributed by atoms with Gasteiger partial charge in [-0.15, -0.1) is 0 Å². The molecule has 0 bridgehead atoms. The van der Waals surface area contributed by atoms with Crippen molar-refractivity contribution in [2.75, 3.05) is 24.7 Å². The minimum Gasteiger partial charge on any atom is -0.452 e. The van der Waals surface area contributed by atoms with Gasteiger partial charge in [-0.1, -0.05) is 18.2 Å². The first-order chi connectivity index (χ1) is 14.7. The Morgan fingerprint density at radius 3 is 2.58 bits per heavy atom. The van der Waals surface area contributed by atoms with Gasteiger partial charge in [-0.05, 0) is 45.4 Å². The van der Waals surface area contributed by atoms with Gasteiger partial charge in [0.05, 0.1) is 22.9 Å². The average Bonchev–Trinajstić information content (AvgIpc) is 3.24. The molecule has 1 fully saturated rings. The Kier molecular flexibility index (Phi) is 6.94. The van der Waals surface area contributed by atoms with Crippen LogP contribution in [0.3, 0.4) is 0 Å². The second-order valence-electron chi connectivity index (χ2n) is 7.51. The number of ether oxygens (including phenoxy) is 1. The molecule has 2 aromatic rings. The van der Waals surface area contributed by atoms with Crippen LogP contribution in [0.1, 0.15) is 30.3 Å². The summed E-state index contributed by atoms with van der Waals surface area (Å²) >= 11 is 0. The van der Waals surface area contributed by atoms with Crippen LogP contribution in [-0.4, -0.2) is 65.7 Å². The van der Waals surface area contributed by atoms with E-state index in [1.165, 1.54) is 11.0 Å². The maximum absolute atomic E-state index is 12.4. The van der Waals surface area contributed by atoms with E-state index in [2.05, 4.69) is 5.10 Å². The molecule has 1 amide bonds. The van der Waals surface area contributed by atoms with Crippen LogP contribution in [0, 0.1) is 13.8 Å². The summed E-state index contributed by atoms with van der Waals surface area (Å²) in [5.74, 6) is -0.991. The third-order valence-electron chi connectivity index (χ3n) is 5.38. The van der Waals surface area contributed by atoms with E-state index in [1.807, 2.05) is 44.2 Å². The molecular formula is C22H27N3O5S. The standard InChI is InChI=1S/C22H27N3O5S/c1-4-24(19-12-13-31(28,29)15-19)21(26)14-30-22(27)11-10-20-16(2)23-25(17(20)3)18-8-6-5-7-9-18/h5-11,19H,4,12-15H2,1-3H3/b11-10+. The molecular weight excluding hydrogens is 418 g/mol. The summed E-state index contributed by atoms with van der Waals surface area (Å²) in [6, 6.07) is 9.32. The van der Waals surface area contributed by atoms with Crippen molar-refractivity contribution >= 4 is 27.8 Å². The summed E-state index contributed by atoms with van der Waals surface area (Å²) in [5, 5.41) is 4.53. The summed E-state index contributed by atoms with van der Waals surface area (Å²) in [5.41, 5.74) is 3.37. The molecule has 31 heavy (non-hydrogen) atoms. The molecule has 8 nitrogen and oxygen atoms in total. The summed E-state index contributed by atoms with van der Waals surface area (Å²) < 4.78 is 30.3. The average molecular weight is 446 g/mol. The molecule has 1 atom stereocenters. The first kappa shape index (κ1) is 22.7. The number of esters is 1. The number of hydrogen-bond acceptors (Lipinski definition) is 6. The number of para-hydroxylation sites is 1. The number of carbonyl (C=O) groups excluding carboxylic acids is 2. The van der Waals surface area contributed by atoms with Gasteiger partial charge >= 0.3 is 5.97 Å². The molecule has 0 saturated carbocycles. The third kappa shape index (κ3) is 5.41. The summed E-state index contributed by atoms with van der Waals surface area (Å²) in [4.78, 5) is 26.1. The number of sulfone groups is 1. The zero-order valence-corrected chi connectivity index (χ0v) is 18.8. The number of amides is 1. The largest absolute Gasteiger partial charge is 0.452 e. The van der Waals surface area contributed by atoms with Gasteiger partial charge in [0.2, 0.25) is 0 Å². The highest BCUT2D eigenvalue weighted by atomic mass is 32.2. The van der Waals surface area contributed by atoms with Crippen LogP contribution in [0.25, 0.3) is 11.8 Å². The molecule has 0 N–H and O–H groups in total. The molecule has 3 rings (SSSR count). The lowest BCUT2D eigenvalue weighted by molar-refractivity contribution is -0.149. The maximum Gasteiger partial charge on any atom is 0.331 e. The molecule has 2 heterocycles. The van der Waals surface area contributed by atoms with E-state index in [1.54, 1.807) is 17.7 Å². The van der Waals surface area contributed by atoms with Crippen molar-refractivity contribution in [2.24, 2.45) is 0 Å². The Hall–Kier alpha value is -2.94. The second-order valence-corrected chi connectivity index (χ2v) is 9.74. The minimum atomic E-state index is -3.10. The van der Waals surface area contributed by atoms with E-state index in [0.29, 0.717) is 13.0 Å². The van der Waals surface area contributed by atoms with Gasteiger partial charge in [0.1, 0.15) is 0 Å². The number of carbonyl (C=O) groups is 2. The molecule has 1 aliphatic rings. The quantitative estimate of drug-likeness (QED) is 0.478. The predicted molar refractivity (Wildman–Crippen MR) is 117 cm³/mol. The molecule has 1 saturated heterocycles. The van der Waals surface area contributed by atoms with Gasteiger partial charge in [-0.25, -0.2) is 17.9 Å². The van der Waals surface area contributed by atoms with Crippen molar-refractivity contribution in [3.8, 4) is 5.69 Å². The Bertz CT molecular complexity index is 1090. The van der Waals surface area contributed by atoms with Gasteiger partial charge in [-0.3, -0.25) is 4.79 Å². The number of likely N-dealkylation sites (N-methyl/N-ethyl adjacent to an activating group) is 1. The van der Waals surface area contributed by atoms with Crippen molar-refractivity contribution in [1.82, 2.24) is 14.7 Å². The van der Waals surface area contributed by atoms with E-state index in [-0.39, 0.29) is 17.5 Å². The zero-order chi connectivity index (χ0) is 22.6. The third-order valence-corrected chi connectivity index (χ3v) is 7.13. The number of hydrogen-bond donors (Lipinski definition) is 0. The van der Waals surface area contributed by atoms with Gasteiger partial charge in [-0.2, -0.15) is 5.10 Å². The van der Waals surface area contributed by atoms with Gasteiger partial charge < -0.3 is 9.64 Å². The van der Waals surface area contributed by atoms with Crippen LogP contribution >= 0.6 is 0 Å². The van der Waals surface area contributed by atoms with E-state index in [0.717, 1.165) is 22.6 Å². The van der Waals surface area contributed by atoms with Crippen LogP contribution in [0.2, 0.25) is 0 Å². The van der Waals surface area contributed by atoms with E-state index in [9.17, 15) is 18.0 Å². The lowest BCUT2D eigenvalue weighted by atomic mass is 10.2. The highest BCUT2D eigenvalue weighted by Crippen LogP contribution is 2.20. The number of nitrogens with zero attached hydrogens (tertiary/aromatic N) is 3. The molecule has 1 aromatic carbocycles. The van der Waals surface area contributed by atoms with Crippen LogP contribution in [0.5, 0.6) is 0 Å². The zero-order valence-electron chi connectivity index (χ0n) is 17.9. The monoisotopic (exact) mass is 445 g/mol. The Balaban J connectivity index is 1.61. The Morgan fingerprint density at radius 1 is 1.26 bits per heavy atom. The van der Waals surface area contributed by atoms with E-state index >= 15 is 0 Å². The number of aryl methyl sites for hydroxylation is 1. The van der Waals surface area contributed by atoms with Crippen LogP contribution < -0.4 is 0 Å². The summed E-state index contributed by atoms with van der Waals surface area (Å²) in [6.45, 7) is 5.49. The summed E-state index contributed by atoms with van der Waals surface area (Å²) in [7, 11) is -3.10. The van der Waals surface area contributed by atoms with Crippen molar-refractivity contribution in [1.29, 1.82) is 0 Å². The van der Waals surface area contributed by atoms with Crippen LogP contribution in [0.15, 0.2) is 36.4 Å². The van der Waals surface area contributed by atoms with Gasteiger partial charge in [0, 0.05) is 29.9 Å². The molecule has 1 unspecified atom stereocenters. The molecule has 1 aliphatic heterocycles. The van der Waals surface area contributed by atoms with Gasteiger partial charge in [0.25, 0.3) is 5.91 Å². The molecule has 0 aliphatic carbocycles. The highest BCUT2D eigenvalue weighted by molar-refractivity contribution is 7.91. The van der Waals surface area contributed by atoms with Crippen molar-refractivity contribution in [3.05, 3.63) is 53.4 Å². The highest BCUT2D eigenvalue weighted by Gasteiger charge is 2.34. The normalized spacial score (nSPS) is 17.7. The minimum absolute atomic E-state index is 0.0373. The molecule has 1 aromatic heterocycles. The van der Waals surface area contributed by atoms with Gasteiger partial charge in [0.15, 0.2) is 16.4 Å².